The van der Waals surface area contributed by atoms with Gasteiger partial charge in [0.05, 0.1) is 47.1 Å². The Morgan fingerprint density at radius 2 is 1.34 bits per heavy atom. The number of hydrogen-bond donors (Lipinski definition) is 21. The van der Waals surface area contributed by atoms with Crippen LogP contribution in [0.4, 0.5) is 10.5 Å². The number of allylic oxidation sites excluding steroid dienone is 3. The van der Waals surface area contributed by atoms with Crippen LogP contribution in [0.3, 0.4) is 0 Å². The normalized spacial score (nSPS) is 19.3. The lowest BCUT2D eigenvalue weighted by molar-refractivity contribution is -0.142. The Hall–Kier alpha value is -13.8. The van der Waals surface area contributed by atoms with Crippen LogP contribution in [0, 0.1) is 29.6 Å². The van der Waals surface area contributed by atoms with Crippen molar-refractivity contribution in [2.45, 2.75) is 212 Å². The average Bonchev–Trinajstić information content (AvgIpc) is 1.69. The molecular weight excluding hydrogens is 2010 g/mol. The van der Waals surface area contributed by atoms with Crippen molar-refractivity contribution in [2.24, 2.45) is 29.6 Å². The number of aromatic amines is 2. The number of likely N-dealkylation sites (N-methyl/N-ethyl adjacent to an activating group) is 1. The molecule has 0 bridgehead atoms. The number of unbranched alkanes of at least 4 members (excludes halogenated alkanes) is 2. The number of ketones is 1. The monoisotopic (exact) mass is 2130 g/mol. The first-order chi connectivity index (χ1) is 68.0. The van der Waals surface area contributed by atoms with Gasteiger partial charge in [-0.15, -0.1) is 0 Å². The molecule has 10 rings (SSSR count). The number of amides is 15. The Morgan fingerprint density at radius 3 is 2.01 bits per heavy atom. The fourth-order valence-corrected chi connectivity index (χ4v) is 19.3. The van der Waals surface area contributed by atoms with Gasteiger partial charge in [0.25, 0.3) is 0 Å². The molecule has 2 aromatic heterocycles. The Labute approximate surface area is 845 Å². The predicted octanol–water partition coefficient (Wildman–Crippen LogP) is 4.52. The zero-order valence-electron chi connectivity index (χ0n) is 80.5. The number of nitrogens with one attached hydrogen (secondary N) is 16. The van der Waals surface area contributed by atoms with Crippen molar-refractivity contribution in [1.82, 2.24) is 94.0 Å². The molecular formula is C97H124IN19O24S2. The van der Waals surface area contributed by atoms with Crippen molar-refractivity contribution >= 4 is 161 Å². The number of aromatic nitrogens is 4. The maximum absolute atomic E-state index is 14.6. The van der Waals surface area contributed by atoms with Crippen LogP contribution in [0.25, 0.3) is 33.4 Å². The second kappa shape index (κ2) is 55.0. The van der Waals surface area contributed by atoms with Crippen molar-refractivity contribution in [2.75, 3.05) is 50.0 Å². The quantitative estimate of drug-likeness (QED) is 0.0109. The van der Waals surface area contributed by atoms with Gasteiger partial charge in [-0.05, 0) is 145 Å². The molecule has 143 heavy (non-hydrogen) atoms. The molecule has 2 saturated heterocycles. The maximum atomic E-state index is 14.6. The lowest BCUT2D eigenvalue weighted by Gasteiger charge is -2.30. The minimum absolute atomic E-state index is 0.0256. The third-order valence-corrected chi connectivity index (χ3v) is 27.2. The molecule has 5 aromatic rings. The van der Waals surface area contributed by atoms with E-state index in [0.29, 0.717) is 69.3 Å². The number of fused-ring (bicyclic) bond motifs is 3. The van der Waals surface area contributed by atoms with Gasteiger partial charge in [-0.3, -0.25) is 76.7 Å². The van der Waals surface area contributed by atoms with Gasteiger partial charge in [0.2, 0.25) is 76.8 Å². The van der Waals surface area contributed by atoms with Gasteiger partial charge in [-0.25, -0.2) is 19.6 Å². The molecule has 5 aliphatic rings. The second-order valence-electron chi connectivity index (χ2n) is 36.0. The van der Waals surface area contributed by atoms with Crippen molar-refractivity contribution in [3.63, 3.8) is 0 Å². The van der Waals surface area contributed by atoms with Crippen LogP contribution in [0.1, 0.15) is 153 Å². The van der Waals surface area contributed by atoms with Crippen LogP contribution in [-0.4, -0.2) is 262 Å². The molecule has 2 fully saturated rings. The number of Topliss-reactive ketones (excluding diaryl/α,β-unsaturated/α-hetero) is 1. The average molecular weight is 2130 g/mol. The van der Waals surface area contributed by atoms with E-state index in [-0.39, 0.29) is 133 Å². The highest BCUT2D eigenvalue weighted by molar-refractivity contribution is 14.1. The summed E-state index contributed by atoms with van der Waals surface area (Å²) in [6, 6.07) is 8.65. The maximum Gasteiger partial charge on any atom is 0.336 e. The van der Waals surface area contributed by atoms with Crippen molar-refractivity contribution in [3.05, 3.63) is 164 Å². The molecule has 0 saturated carbocycles. The number of aliphatic carboxylic acids is 1. The highest BCUT2D eigenvalue weighted by Crippen LogP contribution is 2.43. The minimum atomic E-state index is -1.80. The number of urea groups is 1. The summed E-state index contributed by atoms with van der Waals surface area (Å²) in [7, 11) is 3.72. The summed E-state index contributed by atoms with van der Waals surface area (Å²) >= 11 is 1.92. The minimum Gasteiger partial charge on any atom is -0.508 e. The summed E-state index contributed by atoms with van der Waals surface area (Å²) in [6.07, 6.45) is 9.59. The van der Waals surface area contributed by atoms with E-state index in [0.717, 1.165) is 16.4 Å². The van der Waals surface area contributed by atoms with Gasteiger partial charge in [0, 0.05) is 128 Å². The van der Waals surface area contributed by atoms with E-state index in [1.54, 1.807) is 101 Å². The topological polar surface area (TPSA) is 651 Å². The van der Waals surface area contributed by atoms with Crippen LogP contribution in [0.5, 0.6) is 5.75 Å². The second-order valence-corrected chi connectivity index (χ2v) is 39.8. The molecule has 14 atom stereocenters. The van der Waals surface area contributed by atoms with Crippen molar-refractivity contribution in [3.8, 4) is 28.2 Å². The lowest BCUT2D eigenvalue weighted by Crippen LogP contribution is -2.61. The van der Waals surface area contributed by atoms with Crippen LogP contribution in [0.2, 0.25) is 0 Å². The van der Waals surface area contributed by atoms with Crippen molar-refractivity contribution in [1.29, 1.82) is 0 Å². The summed E-state index contributed by atoms with van der Waals surface area (Å²) in [5, 5.41) is 88.5. The van der Waals surface area contributed by atoms with E-state index in [1.807, 2.05) is 43.4 Å². The summed E-state index contributed by atoms with van der Waals surface area (Å²) in [6.45, 7) is 13.1. The molecule has 43 nitrogen and oxygen atoms in total. The number of aliphatic hydroxyl groups excluding tert-OH is 2. The number of carboxylic acids is 2. The number of anilines is 1. The van der Waals surface area contributed by atoms with E-state index >= 15 is 0 Å². The van der Waals surface area contributed by atoms with Gasteiger partial charge in [0.15, 0.2) is 11.2 Å². The molecule has 3 aromatic carbocycles. The zero-order valence-corrected chi connectivity index (χ0v) is 84.2. The van der Waals surface area contributed by atoms with Gasteiger partial charge < -0.3 is 119 Å². The molecule has 770 valence electrons. The number of rotatable bonds is 40. The first-order valence-corrected chi connectivity index (χ1v) is 50.4. The number of phenols is 1. The number of carbonyl (C=O) groups is 17. The van der Waals surface area contributed by atoms with Crippen LogP contribution >= 0.6 is 44.2 Å². The predicted molar refractivity (Wildman–Crippen MR) is 538 cm³/mol. The summed E-state index contributed by atoms with van der Waals surface area (Å²) in [5.74, 6) is -13.4. The Morgan fingerprint density at radius 1 is 0.664 bits per heavy atom. The van der Waals surface area contributed by atoms with Gasteiger partial charge in [-0.2, -0.15) is 0 Å². The molecule has 3 unspecified atom stereocenters. The van der Waals surface area contributed by atoms with E-state index in [4.69, 9.17) is 4.42 Å². The number of hydrogen-bond acceptors (Lipinski definition) is 26. The smallest absolute Gasteiger partial charge is 0.336 e. The highest BCUT2D eigenvalue weighted by atomic mass is 127. The Bertz CT molecular complexity index is 5790. The summed E-state index contributed by atoms with van der Waals surface area (Å²) in [4.78, 5) is 255. The first-order valence-electron chi connectivity index (χ1n) is 46.9. The molecule has 5 heterocycles. The third-order valence-electron chi connectivity index (χ3n) is 23.7. The van der Waals surface area contributed by atoms with E-state index < -0.39 is 199 Å². The van der Waals surface area contributed by atoms with Gasteiger partial charge >= 0.3 is 18.0 Å². The van der Waals surface area contributed by atoms with Crippen molar-refractivity contribution < 1.29 is 111 Å². The standard InChI is InChI=1S/C50H75IN10O13S2.C47H49N9O11/c1-9-26(6)42(49(73)54-33(28(8)62)12-24(2)3)60-46(70)36(16-30-19-52-23-53-30)56-47(71)38-22-76-75-21-27(7)50(74)61-20-31(63)17-39(61)48(72)58-35(15-29-10-11-40(64)32(51)14-29)44(68)57-37(18-41(65)66)45(69)55-34(13-25(4)5)43(67)59-38;1-48-44(62)36(24-39-49-18-19-50-39)56-45(63)35(20-27-8-4-2-5-9-27)55-42(61)26-53-41(60)25-52-40(59)10-6-3-7-17-51-47(66)54-28-11-14-31(34(21-28)46(64)65)43-32-15-12-29(57)22-37(32)67-38-23-30(58)13-16-33(38)43/h11,14,19,23-27,29,31,33-39,42,63-64H,9-10,12-13,15-18,20-22H2,1-8H3,(H,52,53)(H,54,73)(H,55,69)(H,56,71)(H,57,68)(H,58,72)(H,59,67)(H,60,70)(H,65,66);2,4-5,8-9,11-16,18-19,21-23,35-36,57H,3,6-7,10,17,20,24-26H2,1H3,(H,48,62)(H,49,50)(H,52,59)(H,53,60)(H,55,61)(H,56,63)(H,64,65)(H2,51,54,66)/t26?,27-,29?,31?,33-,34-,35-,36-,37-,38-,39-,42-;35-,36-/m00/s1. The number of aromatic hydroxyl groups is 1. The number of imidazole rings is 2. The summed E-state index contributed by atoms with van der Waals surface area (Å²) in [5.41, 5.74) is 2.41. The molecule has 0 radical (unpaired) electrons. The zero-order chi connectivity index (χ0) is 104. The first kappa shape index (κ1) is 113. The highest BCUT2D eigenvalue weighted by Gasteiger charge is 2.44. The number of halogens is 1. The van der Waals surface area contributed by atoms with Crippen LogP contribution < -0.4 is 79.9 Å². The number of H-pyrrole nitrogens is 2. The molecule has 0 spiro atoms. The fourth-order valence-electron chi connectivity index (χ4n) is 16.0. The summed E-state index contributed by atoms with van der Waals surface area (Å²) < 4.78 is 6.35. The van der Waals surface area contributed by atoms with Crippen LogP contribution in [-0.2, 0) is 91.2 Å². The largest absolute Gasteiger partial charge is 0.508 e. The fraction of sp³-hybridized carbons (Fsp3) is 0.464. The molecule has 21 N–H and O–H groups in total. The van der Waals surface area contributed by atoms with Gasteiger partial charge in [-0.1, -0.05) is 125 Å². The van der Waals surface area contributed by atoms with Crippen LogP contribution in [0.15, 0.2) is 141 Å². The van der Waals surface area contributed by atoms with E-state index in [1.165, 1.54) is 78.7 Å². The number of carbonyl (C=O) groups excluding carboxylic acids is 15. The number of aromatic carboxylic acids is 1. The lowest BCUT2D eigenvalue weighted by atomic mass is 9.90. The number of aliphatic hydroxyl groups is 2. The van der Waals surface area contributed by atoms with E-state index in [9.17, 15) is 112 Å². The Balaban J connectivity index is 0.000000321. The number of phenolic OH excluding ortho intramolecular Hbond substituents is 1. The van der Waals surface area contributed by atoms with Gasteiger partial charge in [0.1, 0.15) is 83.1 Å². The third kappa shape index (κ3) is 34.8. The molecule has 3 aliphatic heterocycles. The molecule has 2 aliphatic carbocycles. The molecule has 46 heteroatoms. The number of benzene rings is 4. The SMILES string of the molecule is CCC(C)[C@H](NC(=O)[C@H](Cc1cnc[nH]1)NC(=O)[C@@H]1CSSC[C@H](C)C(=O)N2CC(O)C[C@H]2C(=O)N[C@@H](CC2C=C(I)C(O)=CC2)C(=O)N[C@@H](CC(=O)O)C(=O)N[C@@H](CC(C)C)C(=O)N1)C(=O)N[C@@H](CC(C)C)C(C)=O.CNC(=O)[C@H](Cc1ncc[nH]1)NC(=O)[C@H](Cc1ccccc1)NC(=O)CNC(=O)CNC(=O)CCCCCNC(=O)Nc1ccc(-c2c3ccc(=O)cc-3oc3cc(O)ccc23)c(C(=O)O)c1. The number of carboxylic acid groups (broad SMARTS) is 2. The van der Waals surface area contributed by atoms with E-state index in [2.05, 4.69) is 94.4 Å². The Kier molecular flexibility index (Phi) is 43.4. The molecule has 15 amide bonds. The number of nitrogens with zero attached hydrogens (tertiary/aromatic N) is 3.